The van der Waals surface area contributed by atoms with E-state index in [1.807, 2.05) is 4.99 Å². The van der Waals surface area contributed by atoms with E-state index in [1.54, 1.807) is 0 Å². The minimum atomic E-state index is 1.15. The monoisotopic (exact) mass is 328 g/mol. The number of unbranched alkanes of at least 4 members (excludes halogenated alkanes) is 11. The van der Waals surface area contributed by atoms with Crippen molar-refractivity contribution in [2.24, 2.45) is 0 Å². The third-order valence-corrected chi connectivity index (χ3v) is 3.85. The fraction of sp³-hybridized carbons (Fsp3) is 0.778. The van der Waals surface area contributed by atoms with Crippen molar-refractivity contribution in [1.82, 2.24) is 0 Å². The van der Waals surface area contributed by atoms with E-state index in [1.165, 1.54) is 77.0 Å². The van der Waals surface area contributed by atoms with Crippen LogP contribution in [0.3, 0.4) is 0 Å². The number of rotatable bonds is 14. The molecule has 0 bridgehead atoms. The maximum atomic E-state index is 3.29. The normalized spacial score (nSPS) is 11.9. The maximum Gasteiger partial charge on any atom is -0.0229 e. The van der Waals surface area contributed by atoms with Gasteiger partial charge in [-0.3, -0.25) is 0 Å². The molecule has 0 fully saturated rings. The zero-order chi connectivity index (χ0) is 14.0. The zero-order valence-corrected chi connectivity index (χ0v) is 14.5. The Labute approximate surface area is 129 Å². The summed E-state index contributed by atoms with van der Waals surface area (Å²) in [5.74, 6) is 0. The Hall–Kier alpha value is -0.0400. The van der Waals surface area contributed by atoms with Crippen molar-refractivity contribution in [2.75, 3.05) is 0 Å². The van der Waals surface area contributed by atoms with Gasteiger partial charge in [0.2, 0.25) is 0 Å². The van der Waals surface area contributed by atoms with Crippen LogP contribution < -0.4 is 0 Å². The molecule has 0 spiro atoms. The van der Waals surface area contributed by atoms with Crippen molar-refractivity contribution in [3.8, 4) is 0 Å². The third-order valence-electron chi connectivity index (χ3n) is 3.48. The first-order chi connectivity index (χ1) is 9.41. The molecule has 0 unspecified atom stereocenters. The van der Waals surface area contributed by atoms with Crippen LogP contribution in [-0.4, -0.2) is 0 Å². The Kier molecular flexibility index (Phi) is 17.9. The molecule has 0 heterocycles. The van der Waals surface area contributed by atoms with Crippen molar-refractivity contribution in [2.45, 2.75) is 90.4 Å². The molecule has 0 amide bonds. The molecule has 0 radical (unpaired) electrons. The first kappa shape index (κ1) is 19.0. The second kappa shape index (κ2) is 18.0. The molecule has 0 saturated heterocycles. The van der Waals surface area contributed by atoms with E-state index >= 15 is 0 Å². The minimum absolute atomic E-state index is 1.15. The van der Waals surface area contributed by atoms with E-state index in [0.29, 0.717) is 0 Å². The molecule has 0 nitrogen and oxygen atoms in total. The van der Waals surface area contributed by atoms with Crippen molar-refractivity contribution < 1.29 is 0 Å². The number of halogens is 1. The Balaban J connectivity index is 3.02. The Morgan fingerprint density at radius 2 is 1.05 bits per heavy atom. The highest BCUT2D eigenvalue weighted by atomic mass is 79.9. The van der Waals surface area contributed by atoms with E-state index < -0.39 is 0 Å². The standard InChI is InChI=1S/C18H33Br/c1-2-3-4-5-6-7-8-9-10-11-12-13-14-15-16-17-18-19/h13-14,17-18H,2-12,15-16H2,1H3/b14-13+,18-17+. The highest BCUT2D eigenvalue weighted by molar-refractivity contribution is 9.11. The molecule has 0 atom stereocenters. The van der Waals surface area contributed by atoms with Crippen LogP contribution in [0.5, 0.6) is 0 Å². The number of allylic oxidation sites excluding steroid dienone is 3. The first-order valence-corrected chi connectivity index (χ1v) is 9.23. The summed E-state index contributed by atoms with van der Waals surface area (Å²) in [4.78, 5) is 1.95. The lowest BCUT2D eigenvalue weighted by atomic mass is 10.1. The molecule has 1 heteroatoms. The molecule has 0 aromatic heterocycles. The lowest BCUT2D eigenvalue weighted by Crippen LogP contribution is -1.81. The highest BCUT2D eigenvalue weighted by Gasteiger charge is 1.91. The van der Waals surface area contributed by atoms with Gasteiger partial charge in [0.05, 0.1) is 0 Å². The molecule has 0 aromatic carbocycles. The molecule has 0 rings (SSSR count). The van der Waals surface area contributed by atoms with Crippen LogP contribution in [0.4, 0.5) is 0 Å². The summed E-state index contributed by atoms with van der Waals surface area (Å²) in [7, 11) is 0. The van der Waals surface area contributed by atoms with Crippen molar-refractivity contribution in [3.05, 3.63) is 23.2 Å². The smallest absolute Gasteiger partial charge is 0.0229 e. The van der Waals surface area contributed by atoms with Gasteiger partial charge in [0.1, 0.15) is 0 Å². The molecule has 0 aliphatic carbocycles. The van der Waals surface area contributed by atoms with Crippen LogP contribution in [-0.2, 0) is 0 Å². The van der Waals surface area contributed by atoms with Gasteiger partial charge in [-0.25, -0.2) is 0 Å². The van der Waals surface area contributed by atoms with Crippen LogP contribution in [0.2, 0.25) is 0 Å². The van der Waals surface area contributed by atoms with Crippen LogP contribution >= 0.6 is 15.9 Å². The molecular weight excluding hydrogens is 296 g/mol. The lowest BCUT2D eigenvalue weighted by molar-refractivity contribution is 0.557. The summed E-state index contributed by atoms with van der Waals surface area (Å²) in [6, 6.07) is 0. The first-order valence-electron chi connectivity index (χ1n) is 8.32. The van der Waals surface area contributed by atoms with Gasteiger partial charge in [0.25, 0.3) is 0 Å². The summed E-state index contributed by atoms with van der Waals surface area (Å²) in [5, 5.41) is 0. The average molecular weight is 329 g/mol. The molecule has 0 saturated carbocycles. The quantitative estimate of drug-likeness (QED) is 0.228. The van der Waals surface area contributed by atoms with Crippen molar-refractivity contribution in [1.29, 1.82) is 0 Å². The Bertz CT molecular complexity index is 206. The summed E-state index contributed by atoms with van der Waals surface area (Å²) in [6.45, 7) is 2.28. The van der Waals surface area contributed by atoms with Crippen molar-refractivity contribution >= 4 is 15.9 Å². The molecule has 0 aliphatic heterocycles. The second-order valence-corrected chi connectivity index (χ2v) is 5.91. The topological polar surface area (TPSA) is 0 Å². The molecule has 0 N–H and O–H groups in total. The van der Waals surface area contributed by atoms with Crippen LogP contribution in [0.15, 0.2) is 23.2 Å². The van der Waals surface area contributed by atoms with Crippen LogP contribution in [0, 0.1) is 0 Å². The molecule has 19 heavy (non-hydrogen) atoms. The van der Waals surface area contributed by atoms with E-state index in [-0.39, 0.29) is 0 Å². The Morgan fingerprint density at radius 3 is 1.63 bits per heavy atom. The van der Waals surface area contributed by atoms with Gasteiger partial charge in [-0.1, -0.05) is 98.9 Å². The lowest BCUT2D eigenvalue weighted by Gasteiger charge is -2.01. The SMILES string of the molecule is CCCCCCCCCCCC/C=C/CC/C=C/Br. The number of hydrogen-bond acceptors (Lipinski definition) is 0. The maximum absolute atomic E-state index is 3.29. The molecular formula is C18H33Br. The molecule has 0 aromatic rings. The van der Waals surface area contributed by atoms with E-state index in [9.17, 15) is 0 Å². The summed E-state index contributed by atoms with van der Waals surface area (Å²) in [6.07, 6.45) is 24.7. The van der Waals surface area contributed by atoms with Gasteiger partial charge in [-0.15, -0.1) is 0 Å². The largest absolute Gasteiger partial charge is 0.0885 e. The van der Waals surface area contributed by atoms with Gasteiger partial charge < -0.3 is 0 Å². The van der Waals surface area contributed by atoms with Crippen LogP contribution in [0.1, 0.15) is 90.4 Å². The second-order valence-electron chi connectivity index (χ2n) is 5.38. The number of hydrogen-bond donors (Lipinski definition) is 0. The third kappa shape index (κ3) is 18.0. The summed E-state index contributed by atoms with van der Waals surface area (Å²) >= 11 is 3.29. The van der Waals surface area contributed by atoms with Gasteiger partial charge in [-0.2, -0.15) is 0 Å². The predicted molar refractivity (Wildman–Crippen MR) is 92.9 cm³/mol. The Morgan fingerprint density at radius 1 is 0.579 bits per heavy atom. The van der Waals surface area contributed by atoms with E-state index in [4.69, 9.17) is 0 Å². The van der Waals surface area contributed by atoms with Gasteiger partial charge in [-0.05, 0) is 30.7 Å². The minimum Gasteiger partial charge on any atom is -0.0885 e. The summed E-state index contributed by atoms with van der Waals surface area (Å²) in [5.41, 5.74) is 0. The highest BCUT2D eigenvalue weighted by Crippen LogP contribution is 2.11. The summed E-state index contributed by atoms with van der Waals surface area (Å²) < 4.78 is 0. The fourth-order valence-electron chi connectivity index (χ4n) is 2.24. The molecule has 0 aliphatic rings. The van der Waals surface area contributed by atoms with Gasteiger partial charge >= 0.3 is 0 Å². The van der Waals surface area contributed by atoms with Gasteiger partial charge in [0, 0.05) is 0 Å². The fourth-order valence-corrected chi connectivity index (χ4v) is 2.51. The predicted octanol–water partition coefficient (Wildman–Crippen LogP) is 7.54. The zero-order valence-electron chi connectivity index (χ0n) is 12.9. The molecule has 112 valence electrons. The average Bonchev–Trinajstić information content (AvgIpc) is 2.43. The van der Waals surface area contributed by atoms with Gasteiger partial charge in [0.15, 0.2) is 0 Å². The van der Waals surface area contributed by atoms with E-state index in [0.717, 1.165) is 6.42 Å². The van der Waals surface area contributed by atoms with Crippen LogP contribution in [0.25, 0.3) is 0 Å². The van der Waals surface area contributed by atoms with E-state index in [2.05, 4.69) is 41.1 Å². The van der Waals surface area contributed by atoms with Crippen molar-refractivity contribution in [3.63, 3.8) is 0 Å².